The summed E-state index contributed by atoms with van der Waals surface area (Å²) in [6, 6.07) is 9.83. The van der Waals surface area contributed by atoms with Crippen LogP contribution in [0.15, 0.2) is 65.6 Å². The first-order chi connectivity index (χ1) is 11.0. The van der Waals surface area contributed by atoms with Crippen molar-refractivity contribution in [3.63, 3.8) is 0 Å². The molecule has 5 heteroatoms. The predicted octanol–water partition coefficient (Wildman–Crippen LogP) is 3.49. The molecule has 2 N–H and O–H groups in total. The molecular formula is C18H19NO3S. The average molecular weight is 329 g/mol. The second-order valence-corrected chi connectivity index (χ2v) is 7.39. The highest BCUT2D eigenvalue weighted by atomic mass is 32.2. The van der Waals surface area contributed by atoms with Crippen molar-refractivity contribution in [1.82, 2.24) is 4.72 Å². The van der Waals surface area contributed by atoms with E-state index in [9.17, 15) is 13.5 Å². The fraction of sp³-hybridized carbons (Fsp3) is 0.222. The van der Waals surface area contributed by atoms with Crippen molar-refractivity contribution in [3.8, 4) is 5.75 Å². The van der Waals surface area contributed by atoms with Gasteiger partial charge in [-0.1, -0.05) is 55.5 Å². The molecule has 0 saturated heterocycles. The third-order valence-corrected chi connectivity index (χ3v) is 5.87. The lowest BCUT2D eigenvalue weighted by Crippen LogP contribution is -2.46. The van der Waals surface area contributed by atoms with Crippen molar-refractivity contribution in [3.05, 3.63) is 60.7 Å². The number of hydrogen-bond donors (Lipinski definition) is 2. The minimum atomic E-state index is -3.72. The van der Waals surface area contributed by atoms with Crippen LogP contribution in [-0.4, -0.2) is 19.1 Å². The molecule has 0 aromatic heterocycles. The van der Waals surface area contributed by atoms with Crippen molar-refractivity contribution in [1.29, 1.82) is 0 Å². The number of phenols is 1. The van der Waals surface area contributed by atoms with Gasteiger partial charge in [-0.15, -0.1) is 0 Å². The van der Waals surface area contributed by atoms with Gasteiger partial charge in [0.1, 0.15) is 5.75 Å². The van der Waals surface area contributed by atoms with E-state index in [1.807, 2.05) is 31.2 Å². The highest BCUT2D eigenvalue weighted by Gasteiger charge is 2.32. The second-order valence-electron chi connectivity index (χ2n) is 5.73. The zero-order valence-corrected chi connectivity index (χ0v) is 13.7. The molecule has 0 fully saturated rings. The van der Waals surface area contributed by atoms with Crippen LogP contribution >= 0.6 is 0 Å². The molecule has 23 heavy (non-hydrogen) atoms. The van der Waals surface area contributed by atoms with E-state index in [2.05, 4.69) is 4.72 Å². The monoisotopic (exact) mass is 329 g/mol. The number of benzene rings is 2. The van der Waals surface area contributed by atoms with Gasteiger partial charge < -0.3 is 5.11 Å². The number of hydrogen-bond acceptors (Lipinski definition) is 3. The maximum atomic E-state index is 12.9. The summed E-state index contributed by atoms with van der Waals surface area (Å²) in [6.07, 6.45) is 8.91. The van der Waals surface area contributed by atoms with E-state index in [4.69, 9.17) is 0 Å². The first kappa shape index (κ1) is 15.8. The van der Waals surface area contributed by atoms with Gasteiger partial charge in [0, 0.05) is 10.8 Å². The van der Waals surface area contributed by atoms with Gasteiger partial charge in [0.2, 0.25) is 10.0 Å². The van der Waals surface area contributed by atoms with Crippen molar-refractivity contribution < 1.29 is 13.5 Å². The number of rotatable bonds is 4. The number of phenolic OH excluding ortho intramolecular Hbond substituents is 1. The normalized spacial score (nSPS) is 20.9. The minimum absolute atomic E-state index is 0.0743. The topological polar surface area (TPSA) is 66.4 Å². The Balaban J connectivity index is 2.09. The fourth-order valence-corrected chi connectivity index (χ4v) is 4.56. The van der Waals surface area contributed by atoms with Gasteiger partial charge in [-0.25, -0.2) is 13.1 Å². The first-order valence-electron chi connectivity index (χ1n) is 7.56. The van der Waals surface area contributed by atoms with E-state index >= 15 is 0 Å². The van der Waals surface area contributed by atoms with Gasteiger partial charge in [-0.2, -0.15) is 0 Å². The second kappa shape index (κ2) is 5.83. The Morgan fingerprint density at radius 1 is 1.13 bits per heavy atom. The van der Waals surface area contributed by atoms with Crippen molar-refractivity contribution >= 4 is 20.8 Å². The summed E-state index contributed by atoms with van der Waals surface area (Å²) in [5.74, 6) is 0.0743. The van der Waals surface area contributed by atoms with Crippen LogP contribution in [0.1, 0.15) is 19.8 Å². The third kappa shape index (κ3) is 2.90. The molecular weight excluding hydrogens is 310 g/mol. The smallest absolute Gasteiger partial charge is 0.241 e. The summed E-state index contributed by atoms with van der Waals surface area (Å²) in [7, 11) is -3.72. The number of nitrogens with one attached hydrogen (secondary N) is 1. The third-order valence-electron chi connectivity index (χ3n) is 4.26. The lowest BCUT2D eigenvalue weighted by atomic mass is 9.90. The van der Waals surface area contributed by atoms with Crippen molar-refractivity contribution in [2.75, 3.05) is 0 Å². The molecule has 2 aromatic carbocycles. The van der Waals surface area contributed by atoms with Crippen LogP contribution in [0.2, 0.25) is 0 Å². The average Bonchev–Trinajstić information content (AvgIpc) is 2.55. The van der Waals surface area contributed by atoms with Gasteiger partial charge in [0.05, 0.1) is 10.4 Å². The molecule has 4 nitrogen and oxygen atoms in total. The Morgan fingerprint density at radius 3 is 2.57 bits per heavy atom. The Kier molecular flexibility index (Phi) is 4.00. The van der Waals surface area contributed by atoms with E-state index in [1.165, 1.54) is 0 Å². The number of fused-ring (bicyclic) bond motifs is 1. The Labute approximate surface area is 136 Å². The lowest BCUT2D eigenvalue weighted by molar-refractivity contribution is 0.450. The maximum absolute atomic E-state index is 12.9. The number of sulfonamides is 1. The van der Waals surface area contributed by atoms with Crippen LogP contribution in [0, 0.1) is 0 Å². The highest BCUT2D eigenvalue weighted by Crippen LogP contribution is 2.31. The van der Waals surface area contributed by atoms with Crippen molar-refractivity contribution in [2.24, 2.45) is 0 Å². The summed E-state index contributed by atoms with van der Waals surface area (Å²) < 4.78 is 28.7. The van der Waals surface area contributed by atoms with E-state index in [-0.39, 0.29) is 10.6 Å². The van der Waals surface area contributed by atoms with Crippen LogP contribution in [0.25, 0.3) is 10.8 Å². The summed E-state index contributed by atoms with van der Waals surface area (Å²) >= 11 is 0. The van der Waals surface area contributed by atoms with E-state index in [0.717, 1.165) is 0 Å². The van der Waals surface area contributed by atoms with Gasteiger partial charge in [-0.05, 0) is 25.0 Å². The lowest BCUT2D eigenvalue weighted by Gasteiger charge is -2.31. The fourth-order valence-electron chi connectivity index (χ4n) is 2.90. The maximum Gasteiger partial charge on any atom is 0.241 e. The van der Waals surface area contributed by atoms with Crippen LogP contribution in [0.3, 0.4) is 0 Å². The molecule has 0 heterocycles. The van der Waals surface area contributed by atoms with Gasteiger partial charge >= 0.3 is 0 Å². The SMILES string of the molecule is CCC1(NS(=O)(=O)c2cccc3c(O)cccc23)C=CC=CC1. The molecule has 2 aromatic rings. The van der Waals surface area contributed by atoms with Crippen LogP contribution in [0.5, 0.6) is 5.75 Å². The molecule has 1 aliphatic rings. The summed E-state index contributed by atoms with van der Waals surface area (Å²) in [6.45, 7) is 1.96. The molecule has 1 aliphatic carbocycles. The Hall–Kier alpha value is -2.11. The molecule has 0 amide bonds. The molecule has 1 unspecified atom stereocenters. The number of aromatic hydroxyl groups is 1. The minimum Gasteiger partial charge on any atom is -0.507 e. The van der Waals surface area contributed by atoms with Gasteiger partial charge in [0.15, 0.2) is 0 Å². The van der Waals surface area contributed by atoms with Crippen molar-refractivity contribution in [2.45, 2.75) is 30.2 Å². The molecule has 120 valence electrons. The summed E-state index contributed by atoms with van der Waals surface area (Å²) in [4.78, 5) is 0.182. The number of allylic oxidation sites excluding steroid dienone is 2. The quantitative estimate of drug-likeness (QED) is 0.902. The molecule has 0 bridgehead atoms. The largest absolute Gasteiger partial charge is 0.507 e. The molecule has 0 aliphatic heterocycles. The molecule has 0 spiro atoms. The van der Waals surface area contributed by atoms with Gasteiger partial charge in [0.25, 0.3) is 0 Å². The molecule has 1 atom stereocenters. The molecule has 0 saturated carbocycles. The molecule has 3 rings (SSSR count). The van der Waals surface area contributed by atoms with Gasteiger partial charge in [-0.3, -0.25) is 0 Å². The van der Waals surface area contributed by atoms with E-state index in [0.29, 0.717) is 23.6 Å². The Morgan fingerprint density at radius 2 is 1.87 bits per heavy atom. The highest BCUT2D eigenvalue weighted by molar-refractivity contribution is 7.89. The summed E-state index contributed by atoms with van der Waals surface area (Å²) in [5.41, 5.74) is -0.605. The molecule has 0 radical (unpaired) electrons. The first-order valence-corrected chi connectivity index (χ1v) is 9.05. The summed E-state index contributed by atoms with van der Waals surface area (Å²) in [5, 5.41) is 11.0. The zero-order chi connectivity index (χ0) is 16.5. The standard InChI is InChI=1S/C18H19NO3S/c1-2-18(12-4-3-5-13-18)19-23(21,22)17-11-7-8-14-15(17)9-6-10-16(14)20/h3-12,19-20H,2,13H2,1H3. The van der Waals surface area contributed by atoms with Crippen LogP contribution in [-0.2, 0) is 10.0 Å². The van der Waals surface area contributed by atoms with E-state index < -0.39 is 15.6 Å². The zero-order valence-electron chi connectivity index (χ0n) is 12.9. The van der Waals surface area contributed by atoms with Crippen LogP contribution < -0.4 is 4.72 Å². The predicted molar refractivity (Wildman–Crippen MR) is 91.9 cm³/mol. The van der Waals surface area contributed by atoms with Crippen LogP contribution in [0.4, 0.5) is 0 Å². The Bertz CT molecular complexity index is 900. The van der Waals surface area contributed by atoms with E-state index in [1.54, 1.807) is 36.4 Å².